The van der Waals surface area contributed by atoms with Gasteiger partial charge in [-0.3, -0.25) is 28.8 Å². The van der Waals surface area contributed by atoms with Crippen molar-refractivity contribution in [3.63, 3.8) is 0 Å². The number of carboxylic acid groups (broad SMARTS) is 1. The molecule has 18 atom stereocenters. The number of nitrogens with one attached hydrogen (secondary N) is 6. The van der Waals surface area contributed by atoms with Crippen molar-refractivity contribution in [3.05, 3.63) is 117 Å². The predicted molar refractivity (Wildman–Crippen MR) is 344 cm³/mol. The van der Waals surface area contributed by atoms with Crippen LogP contribution in [0.1, 0.15) is 105 Å². The van der Waals surface area contributed by atoms with E-state index in [0.29, 0.717) is 0 Å². The van der Waals surface area contributed by atoms with Crippen LogP contribution in [0, 0.1) is 5.92 Å². The molecule has 1 unspecified atom stereocenters. The van der Waals surface area contributed by atoms with Gasteiger partial charge in [0.25, 0.3) is 5.91 Å². The van der Waals surface area contributed by atoms with Crippen LogP contribution >= 0.6 is 23.2 Å². The highest BCUT2D eigenvalue weighted by Crippen LogP contribution is 2.50. The molecule has 100 heavy (non-hydrogen) atoms. The van der Waals surface area contributed by atoms with Gasteiger partial charge in [0.05, 0.1) is 36.2 Å². The van der Waals surface area contributed by atoms with E-state index < -0.39 is 225 Å². The van der Waals surface area contributed by atoms with Crippen molar-refractivity contribution in [1.82, 2.24) is 31.9 Å². The van der Waals surface area contributed by atoms with E-state index in [1.807, 2.05) is 13.8 Å². The first-order valence-corrected chi connectivity index (χ1v) is 32.4. The molecule has 5 aromatic carbocycles. The third-order valence-corrected chi connectivity index (χ3v) is 18.4. The van der Waals surface area contributed by atoms with Gasteiger partial charge in [0, 0.05) is 35.6 Å². The van der Waals surface area contributed by atoms with Crippen molar-refractivity contribution >= 4 is 70.9 Å². The lowest BCUT2D eigenvalue weighted by molar-refractivity contribution is -0.651. The molecular weight excluding hydrogens is 1360 g/mol. The van der Waals surface area contributed by atoms with Gasteiger partial charge in [-0.1, -0.05) is 55.2 Å². The topological polar surface area (TPSA) is 511 Å². The highest BCUT2D eigenvalue weighted by atomic mass is 35.5. The number of likely N-dealkylation sites (N-methyl/N-ethyl adjacent to an activating group) is 1. The van der Waals surface area contributed by atoms with Crippen molar-refractivity contribution in [3.8, 4) is 57.1 Å². The molecule has 32 nitrogen and oxygen atoms in total. The SMILES string of the molecule is C[NH2+][C@H](CC(C)C)C(=O)N[C@H]1C(=O)N[C@@H](CC=O)C(=O)N[C@H]2C(=O)NC3C(=O)N[C@H](C(=O)N[C@H](C(=O)O)c4cc(O)cc(O)c4-c4cc3ccc4O)[C@H](O)c3ccc(c(Cl)c3)Oc3cc2cc(c3O[C@@H]2O[C@H](CO)[C@@H](O)[C@H](O)[C@H]2O[C@H]2C[C@](C)([NH3+])[C@@H](O)[C@H](C)O2)Oc2ccc(cc2Cl)[C@H]1O. The minimum absolute atomic E-state index is 0.0485. The number of amides is 6. The molecule has 7 heterocycles. The molecule has 34 heteroatoms. The highest BCUT2D eigenvalue weighted by Gasteiger charge is 2.52. The lowest BCUT2D eigenvalue weighted by Gasteiger charge is -2.45. The molecule has 0 radical (unpaired) electrons. The van der Waals surface area contributed by atoms with Crippen LogP contribution in [0.5, 0.6) is 46.0 Å². The molecule has 5 aromatic rings. The summed E-state index contributed by atoms with van der Waals surface area (Å²) < 4.78 is 38.4. The Morgan fingerprint density at radius 3 is 1.94 bits per heavy atom. The van der Waals surface area contributed by atoms with Crippen molar-refractivity contribution in [2.75, 3.05) is 13.7 Å². The average molecular weight is 1440 g/mol. The maximum absolute atomic E-state index is 16.0. The van der Waals surface area contributed by atoms with E-state index in [0.717, 1.165) is 66.7 Å². The fourth-order valence-electron chi connectivity index (χ4n) is 12.5. The molecule has 12 rings (SSSR count). The van der Waals surface area contributed by atoms with E-state index in [1.54, 1.807) is 19.3 Å². The number of fused-ring (bicyclic) bond motifs is 15. The van der Waals surface area contributed by atoms with Gasteiger partial charge < -0.3 is 127 Å². The molecule has 2 saturated heterocycles. The Kier molecular flexibility index (Phi) is 22.2. The van der Waals surface area contributed by atoms with Gasteiger partial charge in [0.1, 0.15) is 107 Å². The summed E-state index contributed by atoms with van der Waals surface area (Å²) in [5.41, 5.74) is 0.299. The molecule has 0 spiro atoms. The Bertz CT molecular complexity index is 4020. The lowest BCUT2D eigenvalue weighted by atomic mass is 9.86. The standard InChI is InChI=1S/C66H74Cl2N8O24/c1-24(2)14-36(70-5)59(88)75-49-51(82)27-7-10-39(33(67)16-27)96-41-18-29-19-42(55(41)100-65-56(54(85)53(84)43(23-78)98-65)99-44-22-66(4,69)57(86)25(3)95-44)97-40-11-8-28(17-34(40)68)52(83)50-63(92)74-48(64(93)94)32-20-30(79)21-38(81)45(32)31-15-26(6-9-37(31)80)46(60(89)76-50)73-61(90)47(29)72-58(87)35(12-13-77)71-62(49)91/h6-11,13,15-21,24-25,35-36,43-44,46-54,56-57,65,70,78-86H,12,14,22-23,69H2,1-5H3,(H,71,91)(H,72,87)(H,73,90)(H,74,92)(H,75,88)(H,76,89)(H,93,94)/p+2/t25-,35-,36+,43+,44-,46?,47+,48-,49+,50-,51+,52+,53+,54-,56+,57-,65-,66-/m0/s1. The molecule has 0 aliphatic carbocycles. The summed E-state index contributed by atoms with van der Waals surface area (Å²) in [6.45, 7) is 5.90. The Morgan fingerprint density at radius 2 is 1.35 bits per heavy atom. The van der Waals surface area contributed by atoms with Crippen LogP contribution < -0.4 is 57.2 Å². The minimum atomic E-state index is -2.29. The zero-order valence-corrected chi connectivity index (χ0v) is 55.5. The number of hydrogen-bond acceptors (Lipinski definition) is 23. The van der Waals surface area contributed by atoms with E-state index in [-0.39, 0.29) is 58.3 Å². The lowest BCUT2D eigenvalue weighted by Crippen LogP contribution is -2.89. The third kappa shape index (κ3) is 15.3. The van der Waals surface area contributed by atoms with E-state index in [4.69, 9.17) is 51.6 Å². The van der Waals surface area contributed by atoms with Gasteiger partial charge in [-0.05, 0) is 96.6 Å². The molecule has 6 amide bonds. The first-order valence-electron chi connectivity index (χ1n) is 31.6. The van der Waals surface area contributed by atoms with Crippen LogP contribution in [0.4, 0.5) is 0 Å². The summed E-state index contributed by atoms with van der Waals surface area (Å²) in [4.78, 5) is 116. The van der Waals surface area contributed by atoms with E-state index in [1.165, 1.54) is 19.1 Å². The number of ether oxygens (including phenoxy) is 6. The van der Waals surface area contributed by atoms with Gasteiger partial charge >= 0.3 is 5.97 Å². The van der Waals surface area contributed by atoms with E-state index in [9.17, 15) is 75.0 Å². The number of quaternary nitrogens is 2. The number of phenolic OH excluding ortho intramolecular Hbond substituents is 3. The number of aldehydes is 1. The maximum Gasteiger partial charge on any atom is 0.330 e. The number of carbonyl (C=O) groups excluding carboxylic acids is 7. The van der Waals surface area contributed by atoms with Crippen LogP contribution in [-0.2, 0) is 52.6 Å². The van der Waals surface area contributed by atoms with Crippen LogP contribution in [-0.4, -0.2) is 191 Å². The fraction of sp³-hybridized carbons (Fsp3) is 0.424. The molecular formula is C66H76Cl2N8O24+2. The summed E-state index contributed by atoms with van der Waals surface area (Å²) >= 11 is 14.1. The molecule has 7 aliphatic rings. The summed E-state index contributed by atoms with van der Waals surface area (Å²) in [5, 5.41) is 129. The first-order chi connectivity index (χ1) is 47.3. The Morgan fingerprint density at radius 1 is 0.740 bits per heavy atom. The van der Waals surface area contributed by atoms with Crippen LogP contribution in [0.3, 0.4) is 0 Å². The highest BCUT2D eigenvalue weighted by molar-refractivity contribution is 6.32. The normalized spacial score (nSPS) is 29.6. The molecule has 7 aliphatic heterocycles. The van der Waals surface area contributed by atoms with Gasteiger partial charge in [-0.15, -0.1) is 0 Å². The monoisotopic (exact) mass is 1430 g/mol. The quantitative estimate of drug-likeness (QED) is 0.0634. The molecule has 536 valence electrons. The number of phenols is 3. The summed E-state index contributed by atoms with van der Waals surface area (Å²) in [6, 6.07) is 0.0538. The second-order valence-corrected chi connectivity index (χ2v) is 26.5. The number of rotatable bonds is 13. The second-order valence-electron chi connectivity index (χ2n) is 25.7. The Labute approximate surface area is 578 Å². The van der Waals surface area contributed by atoms with Crippen LogP contribution in [0.2, 0.25) is 10.0 Å². The van der Waals surface area contributed by atoms with Gasteiger partial charge in [0.2, 0.25) is 41.6 Å². The minimum Gasteiger partial charge on any atom is -0.508 e. The number of carboxylic acids is 1. The van der Waals surface area contributed by atoms with Crippen molar-refractivity contribution < 1.29 is 129 Å². The zero-order valence-electron chi connectivity index (χ0n) is 54.0. The van der Waals surface area contributed by atoms with Crippen molar-refractivity contribution in [1.29, 1.82) is 0 Å². The molecule has 0 aromatic heterocycles. The molecule has 2 fully saturated rings. The van der Waals surface area contributed by atoms with Crippen molar-refractivity contribution in [2.45, 2.75) is 156 Å². The fourth-order valence-corrected chi connectivity index (χ4v) is 13.0. The zero-order chi connectivity index (χ0) is 72.7. The number of aliphatic hydroxyl groups is 6. The maximum atomic E-state index is 16.0. The van der Waals surface area contributed by atoms with Gasteiger partial charge in [0.15, 0.2) is 36.0 Å². The number of aliphatic hydroxyl groups excluding tert-OH is 6. The van der Waals surface area contributed by atoms with Gasteiger partial charge in [-0.25, -0.2) is 4.79 Å². The first kappa shape index (κ1) is 73.7. The number of nitrogens with two attached hydrogens (primary N) is 1. The van der Waals surface area contributed by atoms with Crippen LogP contribution in [0.15, 0.2) is 78.9 Å². The number of benzene rings is 5. The number of aliphatic carboxylic acids is 1. The molecule has 0 saturated carbocycles. The number of halogens is 2. The summed E-state index contributed by atoms with van der Waals surface area (Å²) in [6.07, 6.45) is -17.4. The van der Waals surface area contributed by atoms with E-state index in [2.05, 4.69) is 37.6 Å². The number of carbonyl (C=O) groups is 8. The number of aromatic hydroxyl groups is 3. The summed E-state index contributed by atoms with van der Waals surface area (Å²) in [7, 11) is 1.61. The number of hydrogen-bond donors (Lipinski definition) is 18. The smallest absolute Gasteiger partial charge is 0.330 e. The summed E-state index contributed by atoms with van der Waals surface area (Å²) in [5.74, 6) is -14.2. The predicted octanol–water partition coefficient (Wildman–Crippen LogP) is -0.923. The van der Waals surface area contributed by atoms with Crippen molar-refractivity contribution in [2.24, 2.45) is 5.92 Å². The van der Waals surface area contributed by atoms with Gasteiger partial charge in [-0.2, -0.15) is 0 Å². The Hall–Kier alpha value is -9.00. The largest absolute Gasteiger partial charge is 0.508 e. The van der Waals surface area contributed by atoms with Crippen LogP contribution in [0.25, 0.3) is 11.1 Å². The van der Waals surface area contributed by atoms with E-state index >= 15 is 14.4 Å². The average Bonchev–Trinajstić information content (AvgIpc) is 0.769. The molecule has 11 bridgehead atoms. The Balaban J connectivity index is 1.23. The molecule has 21 N–H and O–H groups in total. The third-order valence-electron chi connectivity index (χ3n) is 17.9. The second kappa shape index (κ2) is 30.1.